The predicted octanol–water partition coefficient (Wildman–Crippen LogP) is 4.98. The van der Waals surface area contributed by atoms with Crippen LogP contribution in [-0.4, -0.2) is 34.7 Å². The Morgan fingerprint density at radius 2 is 1.68 bits per heavy atom. The number of unbranched alkanes of at least 4 members (excludes halogenated alkanes) is 6. The highest BCUT2D eigenvalue weighted by Gasteiger charge is 2.45. The van der Waals surface area contributed by atoms with Crippen LogP contribution in [0.15, 0.2) is 24.3 Å². The third kappa shape index (κ3) is 6.43. The molecule has 1 heterocycles. The molecule has 1 aliphatic heterocycles. The van der Waals surface area contributed by atoms with Gasteiger partial charge in [0, 0.05) is 26.1 Å². The first-order valence-electron chi connectivity index (χ1n) is 9.76. The van der Waals surface area contributed by atoms with Crippen LogP contribution in [0.1, 0.15) is 69.4 Å². The second-order valence-corrected chi connectivity index (χ2v) is 7.42. The normalized spacial score (nSPS) is 20.9. The van der Waals surface area contributed by atoms with Crippen molar-refractivity contribution in [3.63, 3.8) is 0 Å². The number of hydrogen-bond donors (Lipinski definition) is 1. The van der Waals surface area contributed by atoms with E-state index in [2.05, 4.69) is 31.2 Å². The molecule has 1 fully saturated rings. The maximum Gasteiger partial charge on any atom is 0.342 e. The van der Waals surface area contributed by atoms with Gasteiger partial charge in [0.15, 0.2) is 0 Å². The Balaban J connectivity index is 1.67. The average Bonchev–Trinajstić information content (AvgIpc) is 2.98. The topological polar surface area (TPSA) is 40.5 Å². The molecule has 0 bridgehead atoms. The molecule has 1 aromatic rings. The number of likely N-dealkylation sites (tertiary alicyclic amines) is 1. The maximum absolute atomic E-state index is 14.1. The standard InChI is InChI=1S/C21H32FNO2/c1-2-3-4-5-6-7-8-9-18-10-12-19(13-11-18)16-23-15-14-21(22,17-23)20(24)25/h10-13H,2-9,14-17H2,1H3,(H,24,25). The number of benzene rings is 1. The van der Waals surface area contributed by atoms with Gasteiger partial charge >= 0.3 is 5.97 Å². The summed E-state index contributed by atoms with van der Waals surface area (Å²) in [6, 6.07) is 8.50. The molecule has 3 nitrogen and oxygen atoms in total. The molecule has 1 N–H and O–H groups in total. The van der Waals surface area contributed by atoms with Gasteiger partial charge in [-0.2, -0.15) is 0 Å². The minimum atomic E-state index is -2.07. The van der Waals surface area contributed by atoms with Gasteiger partial charge < -0.3 is 5.11 Å². The quantitative estimate of drug-likeness (QED) is 0.573. The van der Waals surface area contributed by atoms with Gasteiger partial charge in [-0.3, -0.25) is 4.90 Å². The SMILES string of the molecule is CCCCCCCCCc1ccc(CN2CCC(F)(C(=O)O)C2)cc1. The first kappa shape index (κ1) is 19.9. The first-order valence-corrected chi connectivity index (χ1v) is 9.76. The highest BCUT2D eigenvalue weighted by Crippen LogP contribution is 2.27. The molecule has 0 aliphatic carbocycles. The Kier molecular flexibility index (Phi) is 7.89. The molecule has 140 valence electrons. The van der Waals surface area contributed by atoms with Crippen molar-refractivity contribution >= 4 is 5.97 Å². The van der Waals surface area contributed by atoms with Crippen molar-refractivity contribution in [1.82, 2.24) is 4.90 Å². The molecule has 0 amide bonds. The Bertz CT molecular complexity index is 531. The monoisotopic (exact) mass is 349 g/mol. The van der Waals surface area contributed by atoms with Crippen molar-refractivity contribution in [2.45, 2.75) is 76.9 Å². The van der Waals surface area contributed by atoms with E-state index in [9.17, 15) is 9.18 Å². The Morgan fingerprint density at radius 1 is 1.08 bits per heavy atom. The number of hydrogen-bond acceptors (Lipinski definition) is 2. The molecule has 1 atom stereocenters. The van der Waals surface area contributed by atoms with E-state index in [0.717, 1.165) is 12.0 Å². The number of carbonyl (C=O) groups is 1. The molecule has 1 aromatic carbocycles. The summed E-state index contributed by atoms with van der Waals surface area (Å²) in [5.74, 6) is -1.33. The molecule has 4 heteroatoms. The molecular weight excluding hydrogens is 317 g/mol. The van der Waals surface area contributed by atoms with Gasteiger partial charge in [-0.15, -0.1) is 0 Å². The van der Waals surface area contributed by atoms with Crippen LogP contribution in [0, 0.1) is 0 Å². The van der Waals surface area contributed by atoms with Gasteiger partial charge in [0.2, 0.25) is 5.67 Å². The van der Waals surface area contributed by atoms with E-state index in [0.29, 0.717) is 13.1 Å². The summed E-state index contributed by atoms with van der Waals surface area (Å²) in [6.07, 6.45) is 10.4. The number of aliphatic carboxylic acids is 1. The highest BCUT2D eigenvalue weighted by molar-refractivity contribution is 5.78. The zero-order chi connectivity index (χ0) is 18.1. The van der Waals surface area contributed by atoms with Crippen LogP contribution in [0.4, 0.5) is 4.39 Å². The number of carboxylic acid groups (broad SMARTS) is 1. The van der Waals surface area contributed by atoms with E-state index in [-0.39, 0.29) is 13.0 Å². The Morgan fingerprint density at radius 3 is 2.28 bits per heavy atom. The number of nitrogens with zero attached hydrogens (tertiary/aromatic N) is 1. The van der Waals surface area contributed by atoms with Gasteiger partial charge in [-0.1, -0.05) is 69.7 Å². The van der Waals surface area contributed by atoms with E-state index in [4.69, 9.17) is 5.11 Å². The summed E-state index contributed by atoms with van der Waals surface area (Å²) in [4.78, 5) is 12.9. The van der Waals surface area contributed by atoms with Gasteiger partial charge in [-0.25, -0.2) is 9.18 Å². The fourth-order valence-electron chi connectivity index (χ4n) is 3.51. The minimum Gasteiger partial charge on any atom is -0.479 e. The summed E-state index contributed by atoms with van der Waals surface area (Å²) in [5.41, 5.74) is 0.402. The molecule has 1 saturated heterocycles. The second kappa shape index (κ2) is 9.91. The van der Waals surface area contributed by atoms with Crippen LogP contribution in [-0.2, 0) is 17.8 Å². The highest BCUT2D eigenvalue weighted by atomic mass is 19.1. The van der Waals surface area contributed by atoms with Crippen molar-refractivity contribution in [2.75, 3.05) is 13.1 Å². The molecule has 0 aromatic heterocycles. The van der Waals surface area contributed by atoms with E-state index >= 15 is 0 Å². The number of aryl methyl sites for hydroxylation is 1. The van der Waals surface area contributed by atoms with Crippen LogP contribution in [0.25, 0.3) is 0 Å². The van der Waals surface area contributed by atoms with Crippen molar-refractivity contribution in [1.29, 1.82) is 0 Å². The zero-order valence-electron chi connectivity index (χ0n) is 15.5. The summed E-state index contributed by atoms with van der Waals surface area (Å²) in [6.45, 7) is 3.36. The smallest absolute Gasteiger partial charge is 0.342 e. The van der Waals surface area contributed by atoms with Gasteiger partial charge in [-0.05, 0) is 24.0 Å². The van der Waals surface area contributed by atoms with Crippen LogP contribution < -0.4 is 0 Å². The second-order valence-electron chi connectivity index (χ2n) is 7.42. The maximum atomic E-state index is 14.1. The minimum absolute atomic E-state index is 0.0118. The molecule has 0 saturated carbocycles. The zero-order valence-corrected chi connectivity index (χ0v) is 15.5. The molecule has 0 radical (unpaired) electrons. The molecule has 1 aliphatic rings. The molecule has 2 rings (SSSR count). The number of alkyl halides is 1. The fraction of sp³-hybridized carbons (Fsp3) is 0.667. The Labute approximate surface area is 151 Å². The lowest BCUT2D eigenvalue weighted by Gasteiger charge is -2.17. The summed E-state index contributed by atoms with van der Waals surface area (Å²) >= 11 is 0. The van der Waals surface area contributed by atoms with E-state index < -0.39 is 11.6 Å². The van der Waals surface area contributed by atoms with Crippen LogP contribution in [0.3, 0.4) is 0 Å². The lowest BCUT2D eigenvalue weighted by molar-refractivity contribution is -0.149. The molecule has 1 unspecified atom stereocenters. The summed E-state index contributed by atoms with van der Waals surface area (Å²) in [7, 11) is 0. The molecule has 25 heavy (non-hydrogen) atoms. The average molecular weight is 349 g/mol. The van der Waals surface area contributed by atoms with E-state index in [1.54, 1.807) is 0 Å². The van der Waals surface area contributed by atoms with Gasteiger partial charge in [0.1, 0.15) is 0 Å². The fourth-order valence-corrected chi connectivity index (χ4v) is 3.51. The van der Waals surface area contributed by atoms with Crippen LogP contribution in [0.2, 0.25) is 0 Å². The lowest BCUT2D eigenvalue weighted by Crippen LogP contribution is -2.36. The van der Waals surface area contributed by atoms with Crippen LogP contribution >= 0.6 is 0 Å². The van der Waals surface area contributed by atoms with Crippen molar-refractivity contribution in [3.05, 3.63) is 35.4 Å². The predicted molar refractivity (Wildman–Crippen MR) is 99.5 cm³/mol. The van der Waals surface area contributed by atoms with Crippen molar-refractivity contribution < 1.29 is 14.3 Å². The van der Waals surface area contributed by atoms with Crippen molar-refractivity contribution in [2.24, 2.45) is 0 Å². The third-order valence-electron chi connectivity index (χ3n) is 5.18. The van der Waals surface area contributed by atoms with E-state index in [1.165, 1.54) is 50.5 Å². The van der Waals surface area contributed by atoms with Crippen molar-refractivity contribution in [3.8, 4) is 0 Å². The first-order chi connectivity index (χ1) is 12.0. The molecule has 0 spiro atoms. The van der Waals surface area contributed by atoms with E-state index in [1.807, 2.05) is 4.90 Å². The Hall–Kier alpha value is -1.42. The number of rotatable bonds is 11. The summed E-state index contributed by atoms with van der Waals surface area (Å²) < 4.78 is 14.1. The molecular formula is C21H32FNO2. The number of carboxylic acids is 1. The van der Waals surface area contributed by atoms with Gasteiger partial charge in [0.05, 0.1) is 0 Å². The lowest BCUT2D eigenvalue weighted by atomic mass is 10.0. The van der Waals surface area contributed by atoms with Crippen LogP contribution in [0.5, 0.6) is 0 Å². The largest absolute Gasteiger partial charge is 0.479 e. The number of halogens is 1. The summed E-state index contributed by atoms with van der Waals surface area (Å²) in [5, 5.41) is 8.95. The third-order valence-corrected chi connectivity index (χ3v) is 5.18. The van der Waals surface area contributed by atoms with Gasteiger partial charge in [0.25, 0.3) is 0 Å².